The minimum Gasteiger partial charge on any atom is -0.358 e. The number of H-pyrrole nitrogens is 1. The van der Waals surface area contributed by atoms with E-state index >= 15 is 0 Å². The first-order valence-corrected chi connectivity index (χ1v) is 10.5. The highest BCUT2D eigenvalue weighted by molar-refractivity contribution is 6.35. The second-order valence-corrected chi connectivity index (χ2v) is 7.77. The third-order valence-electron chi connectivity index (χ3n) is 5.20. The van der Waals surface area contributed by atoms with E-state index in [1.54, 1.807) is 30.4 Å². The van der Waals surface area contributed by atoms with Crippen molar-refractivity contribution in [1.29, 1.82) is 0 Å². The van der Waals surface area contributed by atoms with Crippen molar-refractivity contribution in [3.05, 3.63) is 95.8 Å². The van der Waals surface area contributed by atoms with Gasteiger partial charge in [-0.2, -0.15) is 0 Å². The summed E-state index contributed by atoms with van der Waals surface area (Å²) in [5.74, 6) is -1.03. The number of halogens is 2. The summed E-state index contributed by atoms with van der Waals surface area (Å²) >= 11 is 0. The Labute approximate surface area is 192 Å². The lowest BCUT2D eigenvalue weighted by Crippen LogP contribution is -2.03. The molecule has 1 aromatic heterocycles. The average Bonchev–Trinajstić information content (AvgIpc) is 3.26. The van der Waals surface area contributed by atoms with E-state index in [0.717, 1.165) is 40.9 Å². The van der Waals surface area contributed by atoms with Gasteiger partial charge in [0.2, 0.25) is 0 Å². The monoisotopic (exact) mass is 447 g/mol. The molecule has 170 valence electrons. The summed E-state index contributed by atoms with van der Waals surface area (Å²) < 4.78 is 27.2. The van der Waals surface area contributed by atoms with Crippen molar-refractivity contribution in [3.63, 3.8) is 0 Å². The van der Waals surface area contributed by atoms with Gasteiger partial charge in [-0.15, -0.1) is 6.58 Å². The number of allylic oxidation sites excluding steroid dienone is 1. The average molecular weight is 448 g/mol. The second kappa shape index (κ2) is 10.2. The topological polar surface area (TPSA) is 70.9 Å². The molecule has 0 saturated carbocycles. The first-order chi connectivity index (χ1) is 15.8. The summed E-state index contributed by atoms with van der Waals surface area (Å²) in [7, 11) is 0. The molecule has 0 spiro atoms. The highest BCUT2D eigenvalue weighted by Crippen LogP contribution is 2.39. The zero-order valence-electron chi connectivity index (χ0n) is 18.8. The normalized spacial score (nSPS) is 13.2. The van der Waals surface area contributed by atoms with Crippen molar-refractivity contribution in [2.24, 2.45) is 5.73 Å². The lowest BCUT2D eigenvalue weighted by Gasteiger charge is -2.07. The van der Waals surface area contributed by atoms with Gasteiger partial charge in [0.1, 0.15) is 11.6 Å². The molecule has 1 aliphatic rings. The molecular weight excluding hydrogens is 420 g/mol. The van der Waals surface area contributed by atoms with Gasteiger partial charge in [-0.3, -0.25) is 4.79 Å². The van der Waals surface area contributed by atoms with Crippen LogP contribution < -0.4 is 11.1 Å². The van der Waals surface area contributed by atoms with Gasteiger partial charge < -0.3 is 16.0 Å². The Morgan fingerprint density at radius 2 is 1.79 bits per heavy atom. The molecule has 1 aliphatic heterocycles. The molecule has 0 bridgehead atoms. The van der Waals surface area contributed by atoms with Crippen LogP contribution in [0.2, 0.25) is 0 Å². The Hall–Kier alpha value is -3.77. The standard InChI is InChI=1S/C23H18F2N2O.C4H9N/c1-12(2)21-13(3)26-20(22(21)14-4-6-15(24)7-5-14)11-18-17-10-16(25)8-9-19(17)27-23(18)28;1-2-3-4-5/h4-11,26H,1H2,2-3H3,(H,27,28);2H,1,3-5H2/b18-11-;. The van der Waals surface area contributed by atoms with Gasteiger partial charge in [0.15, 0.2) is 0 Å². The van der Waals surface area contributed by atoms with E-state index in [1.165, 1.54) is 24.3 Å². The molecule has 2 aromatic carbocycles. The predicted molar refractivity (Wildman–Crippen MR) is 132 cm³/mol. The first kappa shape index (κ1) is 23.9. The van der Waals surface area contributed by atoms with Crippen LogP contribution in [0.3, 0.4) is 0 Å². The van der Waals surface area contributed by atoms with Crippen LogP contribution in [0.15, 0.2) is 61.7 Å². The molecule has 0 unspecified atom stereocenters. The van der Waals surface area contributed by atoms with Gasteiger partial charge in [-0.1, -0.05) is 24.8 Å². The van der Waals surface area contributed by atoms with E-state index in [1.807, 2.05) is 13.8 Å². The SMILES string of the molecule is C=C(C)c1c(C)[nH]c(/C=C2\C(=O)Nc3ccc(F)cc32)c1-c1ccc(F)cc1.C=CCCN. The zero-order chi connectivity index (χ0) is 24.1. The molecule has 4 nitrogen and oxygen atoms in total. The summed E-state index contributed by atoms with van der Waals surface area (Å²) in [6.45, 7) is 12.1. The number of aromatic nitrogens is 1. The molecule has 0 atom stereocenters. The quantitative estimate of drug-likeness (QED) is 0.317. The molecule has 0 saturated heterocycles. The lowest BCUT2D eigenvalue weighted by atomic mass is 9.95. The van der Waals surface area contributed by atoms with Crippen LogP contribution in [-0.4, -0.2) is 17.4 Å². The molecule has 4 N–H and O–H groups in total. The van der Waals surface area contributed by atoms with Gasteiger partial charge >= 0.3 is 0 Å². The molecular formula is C27H27F2N3O. The Morgan fingerprint density at radius 1 is 1.12 bits per heavy atom. The van der Waals surface area contributed by atoms with Gasteiger partial charge in [0.05, 0.1) is 5.57 Å². The highest BCUT2D eigenvalue weighted by Gasteiger charge is 2.26. The van der Waals surface area contributed by atoms with E-state index < -0.39 is 5.82 Å². The number of amides is 1. The number of hydrogen-bond donors (Lipinski definition) is 3. The number of nitrogens with two attached hydrogens (primary N) is 1. The summed E-state index contributed by atoms with van der Waals surface area (Å²) in [5, 5.41) is 2.75. The van der Waals surface area contributed by atoms with Crippen molar-refractivity contribution in [2.75, 3.05) is 11.9 Å². The Balaban J connectivity index is 0.000000555. The number of benzene rings is 2. The molecule has 0 aliphatic carbocycles. The molecule has 3 aromatic rings. The number of carbonyl (C=O) groups is 1. The minimum atomic E-state index is -0.412. The molecule has 33 heavy (non-hydrogen) atoms. The van der Waals surface area contributed by atoms with Crippen LogP contribution >= 0.6 is 0 Å². The number of rotatable bonds is 5. The van der Waals surface area contributed by atoms with E-state index in [-0.39, 0.29) is 11.7 Å². The number of anilines is 1. The Kier molecular flexibility index (Phi) is 7.41. The number of carbonyl (C=O) groups excluding carboxylic acids is 1. The summed E-state index contributed by atoms with van der Waals surface area (Å²) in [5.41, 5.74) is 11.5. The Bertz CT molecular complexity index is 1240. The third kappa shape index (κ3) is 5.18. The smallest absolute Gasteiger partial charge is 0.256 e. The highest BCUT2D eigenvalue weighted by atomic mass is 19.1. The van der Waals surface area contributed by atoms with E-state index in [0.29, 0.717) is 22.5 Å². The van der Waals surface area contributed by atoms with Crippen molar-refractivity contribution < 1.29 is 13.6 Å². The molecule has 0 radical (unpaired) electrons. The van der Waals surface area contributed by atoms with Gasteiger partial charge in [0, 0.05) is 33.8 Å². The number of nitrogens with one attached hydrogen (secondary N) is 2. The molecule has 2 heterocycles. The molecule has 0 fully saturated rings. The maximum atomic E-state index is 13.7. The third-order valence-corrected chi connectivity index (χ3v) is 5.20. The van der Waals surface area contributed by atoms with Crippen LogP contribution in [0, 0.1) is 18.6 Å². The maximum Gasteiger partial charge on any atom is 0.256 e. The van der Waals surface area contributed by atoms with E-state index in [2.05, 4.69) is 23.5 Å². The van der Waals surface area contributed by atoms with Crippen LogP contribution in [-0.2, 0) is 4.79 Å². The van der Waals surface area contributed by atoms with Crippen molar-refractivity contribution in [3.8, 4) is 11.1 Å². The molecule has 6 heteroatoms. The largest absolute Gasteiger partial charge is 0.358 e. The van der Waals surface area contributed by atoms with Crippen molar-refractivity contribution >= 4 is 28.8 Å². The van der Waals surface area contributed by atoms with Gasteiger partial charge in [-0.25, -0.2) is 8.78 Å². The van der Waals surface area contributed by atoms with Crippen LogP contribution in [0.4, 0.5) is 14.5 Å². The van der Waals surface area contributed by atoms with Crippen molar-refractivity contribution in [2.45, 2.75) is 20.3 Å². The summed E-state index contributed by atoms with van der Waals surface area (Å²) in [6.07, 6.45) is 4.44. The van der Waals surface area contributed by atoms with Crippen LogP contribution in [0.5, 0.6) is 0 Å². The number of aryl methyl sites for hydroxylation is 1. The zero-order valence-corrected chi connectivity index (χ0v) is 18.8. The maximum absolute atomic E-state index is 13.7. The number of fused-ring (bicyclic) bond motifs is 1. The van der Waals surface area contributed by atoms with Gasteiger partial charge in [0.25, 0.3) is 5.91 Å². The van der Waals surface area contributed by atoms with E-state index in [4.69, 9.17) is 5.73 Å². The summed E-state index contributed by atoms with van der Waals surface area (Å²) in [6, 6.07) is 10.4. The van der Waals surface area contributed by atoms with Crippen LogP contribution in [0.1, 0.15) is 35.9 Å². The van der Waals surface area contributed by atoms with Crippen LogP contribution in [0.25, 0.3) is 28.3 Å². The molecule has 1 amide bonds. The van der Waals surface area contributed by atoms with E-state index in [9.17, 15) is 13.6 Å². The fourth-order valence-electron chi connectivity index (χ4n) is 3.77. The molecule has 4 rings (SSSR count). The first-order valence-electron chi connectivity index (χ1n) is 10.5. The van der Waals surface area contributed by atoms with Gasteiger partial charge in [-0.05, 0) is 74.4 Å². The Morgan fingerprint density at radius 3 is 2.36 bits per heavy atom. The minimum absolute atomic E-state index is 0.296. The van der Waals surface area contributed by atoms with Crippen molar-refractivity contribution in [1.82, 2.24) is 4.98 Å². The summed E-state index contributed by atoms with van der Waals surface area (Å²) in [4.78, 5) is 15.8. The number of aromatic amines is 1. The fraction of sp³-hybridized carbons (Fsp3) is 0.148. The predicted octanol–water partition coefficient (Wildman–Crippen LogP) is 6.32. The fourth-order valence-corrected chi connectivity index (χ4v) is 3.77. The lowest BCUT2D eigenvalue weighted by molar-refractivity contribution is -0.110. The second-order valence-electron chi connectivity index (χ2n) is 7.77. The number of hydrogen-bond acceptors (Lipinski definition) is 2.